The predicted octanol–water partition coefficient (Wildman–Crippen LogP) is 4.25. The van der Waals surface area contributed by atoms with Crippen molar-refractivity contribution in [1.29, 1.82) is 0 Å². The molecular formula is C21H19FN2O3. The summed E-state index contributed by atoms with van der Waals surface area (Å²) in [5, 5.41) is 7.90. The van der Waals surface area contributed by atoms with Crippen LogP contribution in [0.3, 0.4) is 0 Å². The third-order valence-electron chi connectivity index (χ3n) is 4.75. The molecule has 138 valence electrons. The van der Waals surface area contributed by atoms with Crippen molar-refractivity contribution in [3.8, 4) is 0 Å². The summed E-state index contributed by atoms with van der Waals surface area (Å²) in [5.74, 6) is 0.0865. The summed E-state index contributed by atoms with van der Waals surface area (Å²) < 4.78 is 19.3. The van der Waals surface area contributed by atoms with Gasteiger partial charge in [-0.3, -0.25) is 4.79 Å². The molecule has 1 aliphatic heterocycles. The zero-order valence-electron chi connectivity index (χ0n) is 15.0. The maximum atomic E-state index is 13.4. The average Bonchev–Trinajstić information content (AvgIpc) is 3.28. The number of hydrogen-bond donors (Lipinski definition) is 1. The van der Waals surface area contributed by atoms with Gasteiger partial charge in [-0.1, -0.05) is 35.5 Å². The number of amides is 1. The normalized spacial score (nSPS) is 17.4. The summed E-state index contributed by atoms with van der Waals surface area (Å²) in [6.45, 7) is 3.84. The van der Waals surface area contributed by atoms with Gasteiger partial charge in [-0.05, 0) is 32.0 Å². The molecule has 1 aromatic heterocycles. The number of aryl methyl sites for hydroxylation is 1. The number of nitrogens with zero attached hydrogens (tertiary/aromatic N) is 1. The molecule has 5 nitrogen and oxygen atoms in total. The highest BCUT2D eigenvalue weighted by Crippen LogP contribution is 2.29. The van der Waals surface area contributed by atoms with Crippen LogP contribution in [0.25, 0.3) is 11.0 Å². The van der Waals surface area contributed by atoms with Gasteiger partial charge in [0.25, 0.3) is 5.91 Å². The van der Waals surface area contributed by atoms with Crippen molar-refractivity contribution >= 4 is 22.6 Å². The summed E-state index contributed by atoms with van der Waals surface area (Å²) in [7, 11) is 0. The number of nitrogens with one attached hydrogen (secondary N) is 1. The Bertz CT molecular complexity index is 1040. The molecule has 0 radical (unpaired) electrons. The van der Waals surface area contributed by atoms with E-state index in [1.54, 1.807) is 12.1 Å². The summed E-state index contributed by atoms with van der Waals surface area (Å²) in [5.41, 5.74) is 2.97. The minimum absolute atomic E-state index is 0.280. The monoisotopic (exact) mass is 366 g/mol. The van der Waals surface area contributed by atoms with Gasteiger partial charge in [-0.25, -0.2) is 4.39 Å². The molecule has 0 fully saturated rings. The lowest BCUT2D eigenvalue weighted by molar-refractivity contribution is -0.131. The van der Waals surface area contributed by atoms with E-state index in [2.05, 4.69) is 10.5 Å². The van der Waals surface area contributed by atoms with E-state index in [1.165, 1.54) is 12.1 Å². The number of para-hydroxylation sites is 1. The van der Waals surface area contributed by atoms with Crippen molar-refractivity contribution in [1.82, 2.24) is 5.32 Å². The number of benzene rings is 2. The molecular weight excluding hydrogens is 347 g/mol. The highest BCUT2D eigenvalue weighted by Gasteiger charge is 2.30. The van der Waals surface area contributed by atoms with Crippen molar-refractivity contribution in [2.45, 2.75) is 32.4 Å². The third kappa shape index (κ3) is 3.30. The summed E-state index contributed by atoms with van der Waals surface area (Å²) in [6.07, 6.45) is -0.448. The van der Waals surface area contributed by atoms with Crippen LogP contribution in [0.2, 0.25) is 0 Å². The first-order valence-corrected chi connectivity index (χ1v) is 8.80. The van der Waals surface area contributed by atoms with Crippen LogP contribution in [0.15, 0.2) is 58.1 Å². The number of carbonyl (C=O) groups excluding carboxylic acids is 1. The number of carbonyl (C=O) groups is 1. The van der Waals surface area contributed by atoms with Gasteiger partial charge >= 0.3 is 0 Å². The minimum atomic E-state index is -0.740. The van der Waals surface area contributed by atoms with Crippen LogP contribution in [-0.4, -0.2) is 17.7 Å². The van der Waals surface area contributed by atoms with Crippen molar-refractivity contribution in [2.24, 2.45) is 5.16 Å². The number of furan rings is 1. The molecule has 1 amide bonds. The molecule has 3 aromatic rings. The molecule has 27 heavy (non-hydrogen) atoms. The standard InChI is InChI=1S/C21H19FN2O3/c1-12-16-8-3-4-9-18(16)26-20(12)13(2)23-21(25)19-11-17(24-27-19)14-6-5-7-15(22)10-14/h3-10,13,19H,11H2,1-2H3,(H,23,25)/t13-,19-/m1/s1. The second kappa shape index (κ2) is 6.87. The minimum Gasteiger partial charge on any atom is -0.459 e. The molecule has 0 saturated heterocycles. The van der Waals surface area contributed by atoms with Gasteiger partial charge in [0.2, 0.25) is 6.10 Å². The Morgan fingerprint density at radius 3 is 2.85 bits per heavy atom. The van der Waals surface area contributed by atoms with E-state index in [4.69, 9.17) is 9.25 Å². The van der Waals surface area contributed by atoms with Crippen molar-refractivity contribution in [2.75, 3.05) is 0 Å². The Hall–Kier alpha value is -3.15. The van der Waals surface area contributed by atoms with Gasteiger partial charge in [-0.15, -0.1) is 0 Å². The lowest BCUT2D eigenvalue weighted by Crippen LogP contribution is -2.36. The molecule has 2 aromatic carbocycles. The number of fused-ring (bicyclic) bond motifs is 1. The molecule has 2 atom stereocenters. The smallest absolute Gasteiger partial charge is 0.264 e. The second-order valence-corrected chi connectivity index (χ2v) is 6.66. The average molecular weight is 366 g/mol. The maximum Gasteiger partial charge on any atom is 0.264 e. The zero-order valence-corrected chi connectivity index (χ0v) is 15.0. The van der Waals surface area contributed by atoms with Crippen LogP contribution in [0.5, 0.6) is 0 Å². The molecule has 0 spiro atoms. The van der Waals surface area contributed by atoms with E-state index in [9.17, 15) is 9.18 Å². The number of oxime groups is 1. The van der Waals surface area contributed by atoms with E-state index in [1.807, 2.05) is 38.1 Å². The van der Waals surface area contributed by atoms with Gasteiger partial charge in [0, 0.05) is 22.9 Å². The van der Waals surface area contributed by atoms with E-state index in [-0.39, 0.29) is 17.8 Å². The van der Waals surface area contributed by atoms with E-state index in [0.717, 1.165) is 16.5 Å². The molecule has 6 heteroatoms. The molecule has 0 aliphatic carbocycles. The van der Waals surface area contributed by atoms with Crippen LogP contribution in [0, 0.1) is 12.7 Å². The lowest BCUT2D eigenvalue weighted by atomic mass is 10.0. The first-order valence-electron chi connectivity index (χ1n) is 8.80. The maximum absolute atomic E-state index is 13.4. The molecule has 4 rings (SSSR count). The van der Waals surface area contributed by atoms with Crippen LogP contribution in [-0.2, 0) is 9.63 Å². The van der Waals surface area contributed by atoms with Gasteiger partial charge in [0.1, 0.15) is 17.2 Å². The Morgan fingerprint density at radius 2 is 2.07 bits per heavy atom. The van der Waals surface area contributed by atoms with Crippen LogP contribution >= 0.6 is 0 Å². The fourth-order valence-corrected chi connectivity index (χ4v) is 3.33. The quantitative estimate of drug-likeness (QED) is 0.751. The van der Waals surface area contributed by atoms with Gasteiger partial charge in [-0.2, -0.15) is 0 Å². The van der Waals surface area contributed by atoms with Gasteiger partial charge in [0.05, 0.1) is 11.8 Å². The molecule has 1 aliphatic rings. The predicted molar refractivity (Wildman–Crippen MR) is 99.9 cm³/mol. The van der Waals surface area contributed by atoms with Crippen molar-refractivity contribution in [3.63, 3.8) is 0 Å². The summed E-state index contributed by atoms with van der Waals surface area (Å²) in [6, 6.07) is 13.5. The number of rotatable bonds is 4. The van der Waals surface area contributed by atoms with Crippen molar-refractivity contribution < 1.29 is 18.4 Å². The Balaban J connectivity index is 1.44. The zero-order chi connectivity index (χ0) is 19.0. The fourth-order valence-electron chi connectivity index (χ4n) is 3.33. The molecule has 0 unspecified atom stereocenters. The Morgan fingerprint density at radius 1 is 1.26 bits per heavy atom. The van der Waals surface area contributed by atoms with Crippen LogP contribution in [0.4, 0.5) is 4.39 Å². The molecule has 0 bridgehead atoms. The Kier molecular flexibility index (Phi) is 4.39. The summed E-state index contributed by atoms with van der Waals surface area (Å²) in [4.78, 5) is 17.8. The first-order chi connectivity index (χ1) is 13.0. The summed E-state index contributed by atoms with van der Waals surface area (Å²) >= 11 is 0. The largest absolute Gasteiger partial charge is 0.459 e. The molecule has 0 saturated carbocycles. The van der Waals surface area contributed by atoms with Crippen molar-refractivity contribution in [3.05, 3.63) is 71.2 Å². The molecule has 2 heterocycles. The van der Waals surface area contributed by atoms with E-state index >= 15 is 0 Å². The fraction of sp³-hybridized carbons (Fsp3) is 0.238. The van der Waals surface area contributed by atoms with Gasteiger partial charge in [0.15, 0.2) is 0 Å². The van der Waals surface area contributed by atoms with E-state index < -0.39 is 6.10 Å². The van der Waals surface area contributed by atoms with Crippen LogP contribution < -0.4 is 5.32 Å². The number of hydrogen-bond acceptors (Lipinski definition) is 4. The first kappa shape index (κ1) is 17.3. The highest BCUT2D eigenvalue weighted by atomic mass is 19.1. The SMILES string of the molecule is Cc1c([C@@H](C)NC(=O)[C@H]2CC(c3cccc(F)c3)=NO2)oc2ccccc12. The molecule has 1 N–H and O–H groups in total. The van der Waals surface area contributed by atoms with Gasteiger partial charge < -0.3 is 14.6 Å². The topological polar surface area (TPSA) is 63.8 Å². The lowest BCUT2D eigenvalue weighted by Gasteiger charge is -2.15. The second-order valence-electron chi connectivity index (χ2n) is 6.66. The highest BCUT2D eigenvalue weighted by molar-refractivity contribution is 6.04. The third-order valence-corrected chi connectivity index (χ3v) is 4.75. The Labute approximate surface area is 155 Å². The number of halogens is 1. The van der Waals surface area contributed by atoms with Crippen LogP contribution in [0.1, 0.15) is 36.3 Å². The van der Waals surface area contributed by atoms with E-state index in [0.29, 0.717) is 23.5 Å².